The van der Waals surface area contributed by atoms with E-state index in [2.05, 4.69) is 9.98 Å². The Morgan fingerprint density at radius 3 is 2.55 bits per heavy atom. The van der Waals surface area contributed by atoms with Crippen LogP contribution >= 0.6 is 23.1 Å². The van der Waals surface area contributed by atoms with Gasteiger partial charge in [0.1, 0.15) is 5.75 Å². The summed E-state index contributed by atoms with van der Waals surface area (Å²) in [5, 5.41) is 12.7. The smallest absolute Gasteiger partial charge is 0.267 e. The molecule has 5 nitrogen and oxygen atoms in total. The van der Waals surface area contributed by atoms with Crippen LogP contribution in [0.25, 0.3) is 16.8 Å². The molecule has 0 aliphatic carbocycles. The largest absolute Gasteiger partial charge is 0.508 e. The van der Waals surface area contributed by atoms with E-state index >= 15 is 0 Å². The van der Waals surface area contributed by atoms with Gasteiger partial charge in [-0.2, -0.15) is 4.99 Å². The first-order valence-corrected chi connectivity index (χ1v) is 10.9. The third-order valence-electron chi connectivity index (χ3n) is 4.57. The van der Waals surface area contributed by atoms with E-state index in [4.69, 9.17) is 0 Å². The molecule has 146 valence electrons. The molecule has 1 saturated heterocycles. The zero-order valence-electron chi connectivity index (χ0n) is 16.0. The van der Waals surface area contributed by atoms with Crippen molar-refractivity contribution >= 4 is 44.9 Å². The van der Waals surface area contributed by atoms with Crippen molar-refractivity contribution in [2.24, 2.45) is 4.99 Å². The first-order chi connectivity index (χ1) is 14.1. The molecule has 0 spiro atoms. The highest BCUT2D eigenvalue weighted by Crippen LogP contribution is 2.38. The molecule has 1 aliphatic rings. The second-order valence-corrected chi connectivity index (χ2v) is 8.24. The molecule has 7 heteroatoms. The summed E-state index contributed by atoms with van der Waals surface area (Å²) in [6.07, 6.45) is 0. The molecule has 0 atom stereocenters. The maximum Gasteiger partial charge on any atom is 0.267 e. The summed E-state index contributed by atoms with van der Waals surface area (Å²) in [4.78, 5) is 24.5. The number of thiazole rings is 1. The molecule has 3 aromatic rings. The average molecular weight is 422 g/mol. The molecule has 0 saturated carbocycles. The zero-order valence-corrected chi connectivity index (χ0v) is 17.6. The number of aromatic hydroxyl groups is 1. The van der Waals surface area contributed by atoms with Gasteiger partial charge >= 0.3 is 0 Å². The molecule has 0 radical (unpaired) electrons. The Hall–Kier alpha value is -2.90. The molecule has 2 heterocycles. The highest BCUT2D eigenvalue weighted by atomic mass is 32.2. The maximum absolute atomic E-state index is 12.9. The normalized spacial score (nSPS) is 17.2. The van der Waals surface area contributed by atoms with Gasteiger partial charge in [0.2, 0.25) is 5.13 Å². The van der Waals surface area contributed by atoms with Crippen LogP contribution in [-0.2, 0) is 4.79 Å². The van der Waals surface area contributed by atoms with Crippen LogP contribution in [0.5, 0.6) is 5.75 Å². The van der Waals surface area contributed by atoms with Crippen LogP contribution in [0.2, 0.25) is 0 Å². The summed E-state index contributed by atoms with van der Waals surface area (Å²) in [7, 11) is 0. The Morgan fingerprint density at radius 1 is 1.14 bits per heavy atom. The van der Waals surface area contributed by atoms with Gasteiger partial charge in [0, 0.05) is 17.5 Å². The molecule has 1 amide bonds. The number of hydrogen-bond acceptors (Lipinski definition) is 6. The van der Waals surface area contributed by atoms with Crippen LogP contribution in [0.4, 0.5) is 5.13 Å². The van der Waals surface area contributed by atoms with Crippen molar-refractivity contribution in [2.75, 3.05) is 6.54 Å². The molecule has 1 aromatic heterocycles. The Morgan fingerprint density at radius 2 is 1.86 bits per heavy atom. The fourth-order valence-electron chi connectivity index (χ4n) is 2.98. The van der Waals surface area contributed by atoms with Gasteiger partial charge in [-0.15, -0.1) is 11.3 Å². The summed E-state index contributed by atoms with van der Waals surface area (Å²) < 4.78 is 0. The highest BCUT2D eigenvalue weighted by Gasteiger charge is 2.34. The number of phenolic OH excluding ortho intramolecular Hbond substituents is 1. The average Bonchev–Trinajstić information content (AvgIpc) is 3.33. The van der Waals surface area contributed by atoms with Gasteiger partial charge < -0.3 is 5.11 Å². The number of allylic oxidation sites excluding steroid dienone is 1. The van der Waals surface area contributed by atoms with Gasteiger partial charge in [0.25, 0.3) is 5.91 Å². The second-order valence-electron chi connectivity index (χ2n) is 6.43. The minimum absolute atomic E-state index is 0.0540. The van der Waals surface area contributed by atoms with Crippen LogP contribution in [-0.4, -0.2) is 32.6 Å². The van der Waals surface area contributed by atoms with Crippen molar-refractivity contribution in [1.29, 1.82) is 0 Å². The predicted octanol–water partition coefficient (Wildman–Crippen LogP) is 5.53. The van der Waals surface area contributed by atoms with Gasteiger partial charge in [-0.05, 0) is 48.9 Å². The van der Waals surface area contributed by atoms with E-state index < -0.39 is 0 Å². The molecule has 0 unspecified atom stereocenters. The summed E-state index contributed by atoms with van der Waals surface area (Å²) in [6, 6.07) is 16.8. The number of amides is 1. The Bertz CT molecular complexity index is 1100. The Kier molecular flexibility index (Phi) is 5.51. The van der Waals surface area contributed by atoms with E-state index in [1.165, 1.54) is 23.1 Å². The van der Waals surface area contributed by atoms with Crippen molar-refractivity contribution < 1.29 is 9.90 Å². The molecule has 0 bridgehead atoms. The van der Waals surface area contributed by atoms with Crippen LogP contribution in [0.3, 0.4) is 0 Å². The summed E-state index contributed by atoms with van der Waals surface area (Å²) in [6.45, 7) is 4.39. The van der Waals surface area contributed by atoms with E-state index in [1.807, 2.05) is 61.7 Å². The number of nitrogens with zero attached hydrogens (tertiary/aromatic N) is 3. The van der Waals surface area contributed by atoms with E-state index in [-0.39, 0.29) is 11.7 Å². The number of rotatable bonds is 4. The molecular weight excluding hydrogens is 402 g/mol. The number of hydrogen-bond donors (Lipinski definition) is 1. The lowest BCUT2D eigenvalue weighted by Crippen LogP contribution is -2.28. The van der Waals surface area contributed by atoms with E-state index in [1.54, 1.807) is 17.0 Å². The lowest BCUT2D eigenvalue weighted by Gasteiger charge is -2.11. The van der Waals surface area contributed by atoms with Crippen molar-refractivity contribution in [3.63, 3.8) is 0 Å². The Balaban J connectivity index is 1.66. The van der Waals surface area contributed by atoms with Crippen molar-refractivity contribution in [3.05, 3.63) is 70.4 Å². The van der Waals surface area contributed by atoms with Crippen LogP contribution in [0, 0.1) is 0 Å². The monoisotopic (exact) mass is 421 g/mol. The van der Waals surface area contributed by atoms with Gasteiger partial charge in [0.05, 0.1) is 10.6 Å². The SMILES string of the molecule is CCN1C(=O)/C(=C(\C)c2ccc(O)cc2)S/C1=N/c1nc(-c2ccccc2)cs1. The topological polar surface area (TPSA) is 65.8 Å². The minimum atomic E-state index is -0.0540. The maximum atomic E-state index is 12.9. The molecular formula is C22H19N3O2S2. The predicted molar refractivity (Wildman–Crippen MR) is 120 cm³/mol. The van der Waals surface area contributed by atoms with E-state index in [0.29, 0.717) is 21.7 Å². The second kappa shape index (κ2) is 8.23. The van der Waals surface area contributed by atoms with Gasteiger partial charge in [-0.1, -0.05) is 42.5 Å². The fraction of sp³-hybridized carbons (Fsp3) is 0.136. The quantitative estimate of drug-likeness (QED) is 0.563. The highest BCUT2D eigenvalue weighted by molar-refractivity contribution is 8.18. The number of thioether (sulfide) groups is 1. The first-order valence-electron chi connectivity index (χ1n) is 9.16. The molecule has 29 heavy (non-hydrogen) atoms. The van der Waals surface area contributed by atoms with Gasteiger partial charge in [-0.25, -0.2) is 4.98 Å². The number of carbonyl (C=O) groups excluding carboxylic acids is 1. The summed E-state index contributed by atoms with van der Waals surface area (Å²) in [5.41, 5.74) is 3.69. The van der Waals surface area contributed by atoms with Crippen molar-refractivity contribution in [1.82, 2.24) is 9.88 Å². The number of aliphatic imine (C=N–C) groups is 1. The molecule has 1 N–H and O–H groups in total. The lowest BCUT2D eigenvalue weighted by atomic mass is 10.1. The fourth-order valence-corrected chi connectivity index (χ4v) is 4.84. The van der Waals surface area contributed by atoms with Gasteiger partial charge in [0.15, 0.2) is 5.17 Å². The van der Waals surface area contributed by atoms with E-state index in [0.717, 1.165) is 22.4 Å². The standard InChI is InChI=1S/C22H19N3O2S2/c1-3-25-20(27)19(14(2)15-9-11-17(26)12-10-15)29-22(25)24-21-23-18(13-28-21)16-7-5-4-6-8-16/h4-13,26H,3H2,1-2H3/b19-14-,24-22+. The zero-order chi connectivity index (χ0) is 20.4. The lowest BCUT2D eigenvalue weighted by molar-refractivity contribution is -0.122. The third kappa shape index (κ3) is 3.97. The molecule has 2 aromatic carbocycles. The Labute approximate surface area is 177 Å². The number of benzene rings is 2. The first kappa shape index (κ1) is 19.4. The number of amidine groups is 1. The van der Waals surface area contributed by atoms with Gasteiger partial charge in [-0.3, -0.25) is 9.69 Å². The number of aromatic nitrogens is 1. The molecule has 1 fully saturated rings. The number of carbonyl (C=O) groups is 1. The number of likely N-dealkylation sites (N-methyl/N-ethyl adjacent to an activating group) is 1. The van der Waals surface area contributed by atoms with Crippen molar-refractivity contribution in [3.8, 4) is 17.0 Å². The number of phenols is 1. The summed E-state index contributed by atoms with van der Waals surface area (Å²) >= 11 is 2.83. The van der Waals surface area contributed by atoms with Crippen LogP contribution in [0.1, 0.15) is 19.4 Å². The van der Waals surface area contributed by atoms with Crippen LogP contribution < -0.4 is 0 Å². The van der Waals surface area contributed by atoms with E-state index in [9.17, 15) is 9.90 Å². The third-order valence-corrected chi connectivity index (χ3v) is 6.49. The summed E-state index contributed by atoms with van der Waals surface area (Å²) in [5.74, 6) is 0.147. The molecule has 1 aliphatic heterocycles. The minimum Gasteiger partial charge on any atom is -0.508 e. The molecule has 4 rings (SSSR count). The van der Waals surface area contributed by atoms with Crippen LogP contribution in [0.15, 0.2) is 69.9 Å². The van der Waals surface area contributed by atoms with Crippen molar-refractivity contribution in [2.45, 2.75) is 13.8 Å².